The second-order valence-corrected chi connectivity index (χ2v) is 4.44. The lowest BCUT2D eigenvalue weighted by Gasteiger charge is -2.07. The first-order valence-corrected chi connectivity index (χ1v) is 5.90. The number of nitro benzene ring substituents is 1. The van der Waals surface area contributed by atoms with Gasteiger partial charge in [0, 0.05) is 11.6 Å². The standard InChI is InChI=1S/C10H9BrClNO3/c1-6(14)10(11)7-2-3-8(5-12)9(4-7)13(15)16/h2-4,10H,5H2,1H3. The highest BCUT2D eigenvalue weighted by Crippen LogP contribution is 2.29. The van der Waals surface area contributed by atoms with Crippen molar-refractivity contribution in [3.05, 3.63) is 39.4 Å². The lowest BCUT2D eigenvalue weighted by atomic mass is 10.1. The summed E-state index contributed by atoms with van der Waals surface area (Å²) < 4.78 is 0. The molecule has 1 aromatic carbocycles. The molecule has 0 fully saturated rings. The average Bonchev–Trinajstić information content (AvgIpc) is 2.26. The van der Waals surface area contributed by atoms with Gasteiger partial charge in [-0.3, -0.25) is 14.9 Å². The van der Waals surface area contributed by atoms with E-state index in [9.17, 15) is 14.9 Å². The fraction of sp³-hybridized carbons (Fsp3) is 0.300. The van der Waals surface area contributed by atoms with Crippen LogP contribution in [0.15, 0.2) is 18.2 Å². The molecule has 0 radical (unpaired) electrons. The summed E-state index contributed by atoms with van der Waals surface area (Å²) in [7, 11) is 0. The number of Topliss-reactive ketones (excluding diaryl/α,β-unsaturated/α-hetero) is 1. The smallest absolute Gasteiger partial charge is 0.274 e. The normalized spacial score (nSPS) is 12.2. The molecule has 0 bridgehead atoms. The first kappa shape index (κ1) is 13.1. The molecule has 0 saturated heterocycles. The lowest BCUT2D eigenvalue weighted by molar-refractivity contribution is -0.385. The molecular formula is C10H9BrClNO3. The molecule has 0 aliphatic heterocycles. The third-order valence-corrected chi connectivity index (χ3v) is 3.56. The molecule has 86 valence electrons. The summed E-state index contributed by atoms with van der Waals surface area (Å²) in [5.41, 5.74) is 0.949. The van der Waals surface area contributed by atoms with Gasteiger partial charge in [0.2, 0.25) is 0 Å². The molecule has 0 N–H and O–H groups in total. The monoisotopic (exact) mass is 305 g/mol. The number of alkyl halides is 2. The van der Waals surface area contributed by atoms with Crippen molar-refractivity contribution in [1.29, 1.82) is 0 Å². The first-order chi connectivity index (χ1) is 7.47. The maximum Gasteiger partial charge on any atom is 0.274 e. The average molecular weight is 307 g/mol. The van der Waals surface area contributed by atoms with Crippen molar-refractivity contribution in [3.8, 4) is 0 Å². The molecule has 0 saturated carbocycles. The van der Waals surface area contributed by atoms with E-state index >= 15 is 0 Å². The van der Waals surface area contributed by atoms with Crippen molar-refractivity contribution in [3.63, 3.8) is 0 Å². The number of carbonyl (C=O) groups excluding carboxylic acids is 1. The van der Waals surface area contributed by atoms with Crippen LogP contribution >= 0.6 is 27.5 Å². The Kier molecular flexibility index (Phi) is 4.44. The molecular weight excluding hydrogens is 297 g/mol. The van der Waals surface area contributed by atoms with E-state index in [1.54, 1.807) is 12.1 Å². The third kappa shape index (κ3) is 2.80. The fourth-order valence-corrected chi connectivity index (χ4v) is 1.77. The highest BCUT2D eigenvalue weighted by molar-refractivity contribution is 9.09. The molecule has 1 unspecified atom stereocenters. The second-order valence-electron chi connectivity index (χ2n) is 3.25. The Bertz CT molecular complexity index is 436. The summed E-state index contributed by atoms with van der Waals surface area (Å²) in [4.78, 5) is 20.9. The second kappa shape index (κ2) is 5.41. The van der Waals surface area contributed by atoms with Gasteiger partial charge < -0.3 is 0 Å². The van der Waals surface area contributed by atoms with Crippen LogP contribution in [0.1, 0.15) is 22.9 Å². The van der Waals surface area contributed by atoms with Gasteiger partial charge in [0.25, 0.3) is 5.69 Å². The maximum absolute atomic E-state index is 11.1. The molecule has 1 rings (SSSR count). The highest BCUT2D eigenvalue weighted by Gasteiger charge is 2.19. The van der Waals surface area contributed by atoms with Crippen molar-refractivity contribution in [2.24, 2.45) is 0 Å². The van der Waals surface area contributed by atoms with Gasteiger partial charge in [-0.15, -0.1) is 11.6 Å². The van der Waals surface area contributed by atoms with Gasteiger partial charge in [-0.2, -0.15) is 0 Å². The summed E-state index contributed by atoms with van der Waals surface area (Å²) in [6.45, 7) is 1.42. The van der Waals surface area contributed by atoms with Gasteiger partial charge in [-0.05, 0) is 12.5 Å². The van der Waals surface area contributed by atoms with Crippen LogP contribution in [0.2, 0.25) is 0 Å². The Morgan fingerprint density at radius 1 is 1.62 bits per heavy atom. The SMILES string of the molecule is CC(=O)C(Br)c1ccc(CCl)c([N+](=O)[O-])c1. The summed E-state index contributed by atoms with van der Waals surface area (Å²) in [6.07, 6.45) is 0. The number of rotatable bonds is 4. The van der Waals surface area contributed by atoms with E-state index in [-0.39, 0.29) is 17.4 Å². The Balaban J connectivity index is 3.21. The predicted molar refractivity (Wildman–Crippen MR) is 65.0 cm³/mol. The first-order valence-electron chi connectivity index (χ1n) is 4.45. The van der Waals surface area contributed by atoms with E-state index in [4.69, 9.17) is 11.6 Å². The van der Waals surface area contributed by atoms with Gasteiger partial charge in [-0.1, -0.05) is 28.1 Å². The molecule has 0 aliphatic carbocycles. The van der Waals surface area contributed by atoms with Crippen molar-refractivity contribution in [2.45, 2.75) is 17.6 Å². The largest absolute Gasteiger partial charge is 0.298 e. The van der Waals surface area contributed by atoms with E-state index in [0.29, 0.717) is 11.1 Å². The van der Waals surface area contributed by atoms with Crippen molar-refractivity contribution in [1.82, 2.24) is 0 Å². The van der Waals surface area contributed by atoms with Crippen LogP contribution in [0.5, 0.6) is 0 Å². The van der Waals surface area contributed by atoms with Crippen LogP contribution in [-0.2, 0) is 10.7 Å². The van der Waals surface area contributed by atoms with Crippen LogP contribution in [-0.4, -0.2) is 10.7 Å². The number of carbonyl (C=O) groups is 1. The number of ketones is 1. The molecule has 4 nitrogen and oxygen atoms in total. The third-order valence-electron chi connectivity index (χ3n) is 2.10. The molecule has 0 aliphatic rings. The summed E-state index contributed by atoms with van der Waals surface area (Å²) >= 11 is 8.76. The zero-order valence-corrected chi connectivity index (χ0v) is 10.8. The molecule has 0 heterocycles. The topological polar surface area (TPSA) is 60.2 Å². The quantitative estimate of drug-likeness (QED) is 0.487. The highest BCUT2D eigenvalue weighted by atomic mass is 79.9. The van der Waals surface area contributed by atoms with Gasteiger partial charge in [-0.25, -0.2) is 0 Å². The van der Waals surface area contributed by atoms with Gasteiger partial charge in [0.15, 0.2) is 0 Å². The molecule has 6 heteroatoms. The minimum atomic E-state index is -0.518. The van der Waals surface area contributed by atoms with E-state index < -0.39 is 9.75 Å². The van der Waals surface area contributed by atoms with E-state index in [1.807, 2.05) is 0 Å². The van der Waals surface area contributed by atoms with Crippen molar-refractivity contribution in [2.75, 3.05) is 0 Å². The summed E-state index contributed by atoms with van der Waals surface area (Å²) in [6, 6.07) is 4.60. The van der Waals surface area contributed by atoms with Crippen molar-refractivity contribution < 1.29 is 9.72 Å². The zero-order chi connectivity index (χ0) is 12.3. The van der Waals surface area contributed by atoms with Crippen LogP contribution in [0.25, 0.3) is 0 Å². The minimum Gasteiger partial charge on any atom is -0.298 e. The summed E-state index contributed by atoms with van der Waals surface area (Å²) in [5, 5.41) is 10.8. The van der Waals surface area contributed by atoms with Gasteiger partial charge in [0.05, 0.1) is 15.6 Å². The predicted octanol–water partition coefficient (Wildman–Crippen LogP) is 3.36. The number of hydrogen-bond donors (Lipinski definition) is 0. The van der Waals surface area contributed by atoms with E-state index in [1.165, 1.54) is 13.0 Å². The molecule has 0 spiro atoms. The lowest BCUT2D eigenvalue weighted by Crippen LogP contribution is -2.03. The van der Waals surface area contributed by atoms with Crippen LogP contribution in [0.3, 0.4) is 0 Å². The summed E-state index contributed by atoms with van der Waals surface area (Å²) in [5.74, 6) is -0.0307. The van der Waals surface area contributed by atoms with Crippen LogP contribution in [0, 0.1) is 10.1 Å². The van der Waals surface area contributed by atoms with Crippen molar-refractivity contribution >= 4 is 39.0 Å². The molecule has 1 aromatic rings. The Morgan fingerprint density at radius 3 is 2.69 bits per heavy atom. The Hall–Kier alpha value is -0.940. The number of benzene rings is 1. The maximum atomic E-state index is 11.1. The van der Waals surface area contributed by atoms with E-state index in [0.717, 1.165) is 0 Å². The van der Waals surface area contributed by atoms with Gasteiger partial charge >= 0.3 is 0 Å². The Labute approximate surface area is 106 Å². The van der Waals surface area contributed by atoms with Gasteiger partial charge in [0.1, 0.15) is 5.78 Å². The zero-order valence-electron chi connectivity index (χ0n) is 8.44. The minimum absolute atomic E-state index is 0.0572. The van der Waals surface area contributed by atoms with Crippen LogP contribution in [0.4, 0.5) is 5.69 Å². The molecule has 0 aromatic heterocycles. The molecule has 16 heavy (non-hydrogen) atoms. The molecule has 1 atom stereocenters. The van der Waals surface area contributed by atoms with Crippen LogP contribution < -0.4 is 0 Å². The molecule has 0 amide bonds. The van der Waals surface area contributed by atoms with E-state index in [2.05, 4.69) is 15.9 Å². The fourth-order valence-electron chi connectivity index (χ4n) is 1.26. The number of hydrogen-bond acceptors (Lipinski definition) is 3. The number of nitrogens with zero attached hydrogens (tertiary/aromatic N) is 1. The number of nitro groups is 1. The Morgan fingerprint density at radius 2 is 2.25 bits per heavy atom. The number of halogens is 2.